The van der Waals surface area contributed by atoms with Crippen LogP contribution in [-0.4, -0.2) is 22.6 Å². The van der Waals surface area contributed by atoms with Crippen molar-refractivity contribution < 1.29 is 19.4 Å². The molecule has 2 rings (SSSR count). The fourth-order valence-electron chi connectivity index (χ4n) is 5.23. The third kappa shape index (κ3) is 8.68. The van der Waals surface area contributed by atoms with E-state index in [1.165, 1.54) is 57.8 Å². The van der Waals surface area contributed by atoms with Crippen LogP contribution in [0.25, 0.3) is 0 Å². The van der Waals surface area contributed by atoms with Gasteiger partial charge in [-0.2, -0.15) is 0 Å². The second kappa shape index (κ2) is 13.3. The van der Waals surface area contributed by atoms with Crippen LogP contribution in [0.3, 0.4) is 0 Å². The van der Waals surface area contributed by atoms with Crippen molar-refractivity contribution in [1.29, 1.82) is 0 Å². The van der Waals surface area contributed by atoms with Gasteiger partial charge in [-0.05, 0) is 64.2 Å². The number of hydrogen-bond acceptors (Lipinski definition) is 3. The molecule has 4 heteroatoms. The van der Waals surface area contributed by atoms with Crippen molar-refractivity contribution in [3.63, 3.8) is 0 Å². The smallest absolute Gasteiger partial charge is 0.309 e. The summed E-state index contributed by atoms with van der Waals surface area (Å²) in [5, 5.41) is 9.16. The van der Waals surface area contributed by atoms with Crippen LogP contribution in [-0.2, 0) is 14.3 Å². The van der Waals surface area contributed by atoms with Crippen LogP contribution in [0.2, 0.25) is 0 Å². The molecule has 0 radical (unpaired) electrons. The van der Waals surface area contributed by atoms with Crippen LogP contribution < -0.4 is 0 Å². The van der Waals surface area contributed by atoms with Crippen LogP contribution in [0.15, 0.2) is 0 Å². The topological polar surface area (TPSA) is 63.6 Å². The molecule has 0 aromatic heterocycles. The Kier molecular flexibility index (Phi) is 11.1. The van der Waals surface area contributed by atoms with Gasteiger partial charge in [-0.1, -0.05) is 64.7 Å². The molecule has 29 heavy (non-hydrogen) atoms. The van der Waals surface area contributed by atoms with Gasteiger partial charge in [0.15, 0.2) is 0 Å². The van der Waals surface area contributed by atoms with E-state index in [0.29, 0.717) is 25.7 Å². The van der Waals surface area contributed by atoms with E-state index in [9.17, 15) is 9.59 Å². The summed E-state index contributed by atoms with van der Waals surface area (Å²) in [6.07, 6.45) is 21.0. The van der Waals surface area contributed by atoms with Gasteiger partial charge in [-0.15, -0.1) is 0 Å². The zero-order valence-electron chi connectivity index (χ0n) is 18.8. The van der Waals surface area contributed by atoms with Gasteiger partial charge in [-0.25, -0.2) is 0 Å². The molecule has 0 heterocycles. The molecule has 0 atom stereocenters. The number of unbranched alkanes of at least 4 members (excludes halogenated alkanes) is 8. The van der Waals surface area contributed by atoms with Crippen LogP contribution in [0.4, 0.5) is 0 Å². The second-order valence-corrected chi connectivity index (χ2v) is 9.63. The van der Waals surface area contributed by atoms with Gasteiger partial charge in [0.25, 0.3) is 0 Å². The zero-order chi connectivity index (χ0) is 21.0. The molecule has 0 saturated heterocycles. The Morgan fingerprint density at radius 3 is 1.86 bits per heavy atom. The Balaban J connectivity index is 1.70. The van der Waals surface area contributed by atoms with Gasteiger partial charge in [0.1, 0.15) is 5.60 Å². The Morgan fingerprint density at radius 1 is 0.793 bits per heavy atom. The lowest BCUT2D eigenvalue weighted by Gasteiger charge is -2.38. The number of ether oxygens (including phenoxy) is 1. The van der Waals surface area contributed by atoms with Crippen molar-refractivity contribution in [3.05, 3.63) is 0 Å². The lowest BCUT2D eigenvalue weighted by atomic mass is 9.79. The van der Waals surface area contributed by atoms with E-state index in [1.54, 1.807) is 0 Å². The molecule has 0 bridgehead atoms. The summed E-state index contributed by atoms with van der Waals surface area (Å²) in [7, 11) is 0. The molecule has 2 aliphatic carbocycles. The number of carbonyl (C=O) groups excluding carboxylic acids is 1. The molecular weight excluding hydrogens is 364 g/mol. The van der Waals surface area contributed by atoms with Gasteiger partial charge in [0.05, 0.1) is 11.8 Å². The largest absolute Gasteiger partial charge is 0.481 e. The quantitative estimate of drug-likeness (QED) is 0.262. The zero-order valence-corrected chi connectivity index (χ0v) is 18.8. The molecule has 4 nitrogen and oxygen atoms in total. The van der Waals surface area contributed by atoms with Crippen LogP contribution in [0.5, 0.6) is 0 Å². The van der Waals surface area contributed by atoms with Crippen molar-refractivity contribution in [2.24, 2.45) is 11.8 Å². The van der Waals surface area contributed by atoms with E-state index in [0.717, 1.165) is 38.5 Å². The Labute approximate surface area is 178 Å². The van der Waals surface area contributed by atoms with Crippen molar-refractivity contribution in [1.82, 2.24) is 0 Å². The van der Waals surface area contributed by atoms with E-state index >= 15 is 0 Å². The Morgan fingerprint density at radius 2 is 1.31 bits per heavy atom. The molecule has 0 aliphatic heterocycles. The van der Waals surface area contributed by atoms with Crippen molar-refractivity contribution in [3.8, 4) is 0 Å². The molecule has 2 aliphatic rings. The summed E-state index contributed by atoms with van der Waals surface area (Å²) in [6.45, 7) is 2.26. The summed E-state index contributed by atoms with van der Waals surface area (Å²) >= 11 is 0. The van der Waals surface area contributed by atoms with Crippen molar-refractivity contribution in [2.75, 3.05) is 0 Å². The summed E-state index contributed by atoms with van der Waals surface area (Å²) in [5.74, 6) is -1.13. The van der Waals surface area contributed by atoms with Gasteiger partial charge in [0.2, 0.25) is 0 Å². The number of rotatable bonds is 13. The van der Waals surface area contributed by atoms with Crippen molar-refractivity contribution >= 4 is 11.9 Å². The third-order valence-electron chi connectivity index (χ3n) is 7.23. The van der Waals surface area contributed by atoms with E-state index in [4.69, 9.17) is 9.84 Å². The van der Waals surface area contributed by atoms with Gasteiger partial charge >= 0.3 is 11.9 Å². The van der Waals surface area contributed by atoms with E-state index in [-0.39, 0.29) is 23.4 Å². The first-order valence-electron chi connectivity index (χ1n) is 12.5. The van der Waals surface area contributed by atoms with Gasteiger partial charge < -0.3 is 9.84 Å². The normalized spacial score (nSPS) is 24.2. The fraction of sp³-hybridized carbons (Fsp3) is 0.920. The predicted molar refractivity (Wildman–Crippen MR) is 117 cm³/mol. The number of aliphatic carboxylic acids is 1. The molecule has 0 unspecified atom stereocenters. The summed E-state index contributed by atoms with van der Waals surface area (Å²) in [4.78, 5) is 24.0. The molecule has 0 amide bonds. The van der Waals surface area contributed by atoms with Gasteiger partial charge in [-0.3, -0.25) is 9.59 Å². The predicted octanol–water partition coefficient (Wildman–Crippen LogP) is 7.04. The molecule has 2 fully saturated rings. The fourth-order valence-corrected chi connectivity index (χ4v) is 5.23. The maximum Gasteiger partial charge on any atom is 0.309 e. The minimum absolute atomic E-state index is 0.0494. The first-order valence-corrected chi connectivity index (χ1v) is 12.5. The highest BCUT2D eigenvalue weighted by molar-refractivity contribution is 5.74. The number of carboxylic acids is 1. The van der Waals surface area contributed by atoms with E-state index in [1.807, 2.05) is 0 Å². The summed E-state index contributed by atoms with van der Waals surface area (Å²) in [5.41, 5.74) is -0.236. The number of esters is 1. The molecule has 2 saturated carbocycles. The lowest BCUT2D eigenvalue weighted by molar-refractivity contribution is -0.172. The van der Waals surface area contributed by atoms with E-state index < -0.39 is 5.97 Å². The second-order valence-electron chi connectivity index (χ2n) is 9.63. The van der Waals surface area contributed by atoms with Crippen LogP contribution in [0, 0.1) is 11.8 Å². The highest BCUT2D eigenvalue weighted by atomic mass is 16.6. The minimum atomic E-state index is -0.717. The monoisotopic (exact) mass is 408 g/mol. The first-order chi connectivity index (χ1) is 14.1. The lowest BCUT2D eigenvalue weighted by Crippen LogP contribution is -2.40. The molecule has 0 spiro atoms. The molecular formula is C25H44O4. The molecule has 1 N–H and O–H groups in total. The first kappa shape index (κ1) is 24.2. The summed E-state index contributed by atoms with van der Waals surface area (Å²) < 4.78 is 6.20. The van der Waals surface area contributed by atoms with Gasteiger partial charge in [0, 0.05) is 0 Å². The summed E-state index contributed by atoms with van der Waals surface area (Å²) in [6, 6.07) is 0. The third-order valence-corrected chi connectivity index (χ3v) is 7.23. The highest BCUT2D eigenvalue weighted by Gasteiger charge is 2.38. The number of hydrogen-bond donors (Lipinski definition) is 1. The molecule has 0 aromatic rings. The average molecular weight is 409 g/mol. The Hall–Kier alpha value is -1.06. The maximum atomic E-state index is 12.8. The van der Waals surface area contributed by atoms with Crippen LogP contribution >= 0.6 is 0 Å². The minimum Gasteiger partial charge on any atom is -0.481 e. The van der Waals surface area contributed by atoms with E-state index in [2.05, 4.69) is 6.92 Å². The van der Waals surface area contributed by atoms with Crippen molar-refractivity contribution in [2.45, 2.75) is 135 Å². The van der Waals surface area contributed by atoms with Crippen LogP contribution in [0.1, 0.15) is 129 Å². The SMILES string of the molecule is CCCCCCCCCCCC1(OC(=O)C2CCC(C(=O)O)CC2)CCCCC1. The molecule has 168 valence electrons. The average Bonchev–Trinajstić information content (AvgIpc) is 2.73. The number of carboxylic acid groups (broad SMARTS) is 1. The maximum absolute atomic E-state index is 12.8. The number of carbonyl (C=O) groups is 2. The highest BCUT2D eigenvalue weighted by Crippen LogP contribution is 2.38. The molecule has 0 aromatic carbocycles. The standard InChI is InChI=1S/C25H44O4/c1-2-3-4-5-6-7-8-9-11-18-25(19-12-10-13-20-25)29-24(28)22-16-14-21(15-17-22)23(26)27/h21-22H,2-20H2,1H3,(H,26,27). The Bertz CT molecular complexity index is 473.